The molecule has 0 bridgehead atoms. The maximum Gasteiger partial charge on any atom is 0.410 e. The largest absolute Gasteiger partial charge is 0.454 e. The number of amides is 2. The summed E-state index contributed by atoms with van der Waals surface area (Å²) >= 11 is 0. The third-order valence-corrected chi connectivity index (χ3v) is 13.7. The Morgan fingerprint density at radius 2 is 1.69 bits per heavy atom. The van der Waals surface area contributed by atoms with Crippen LogP contribution in [0.2, 0.25) is 0 Å². The zero-order chi connectivity index (χ0) is 36.0. The second-order valence-corrected chi connectivity index (χ2v) is 17.5. The monoisotopic (exact) mass is 731 g/mol. The normalized spacial score (nSPS) is 29.3. The number of carbonyl (C=O) groups is 4. The number of ketones is 2. The number of hydrogen-bond donors (Lipinski definition) is 1. The SMILES string of the molecule is O=C1C[C@]2(C(=O)CS(=O)(=O)C3CC3)C[C@H]2/C=C\CCCCC[C@H](Nc2ccccc2)C(=O)N2C[C@H](OC(=O)N3Cc4cc5c(cc4C3)OCO5)C[C@@H]12. The predicted octanol–water partition coefficient (Wildman–Crippen LogP) is 4.95. The van der Waals surface area contributed by atoms with Crippen LogP contribution in [0, 0.1) is 11.3 Å². The summed E-state index contributed by atoms with van der Waals surface area (Å²) in [5.41, 5.74) is 1.54. The van der Waals surface area contributed by atoms with E-state index < -0.39 is 56.3 Å². The van der Waals surface area contributed by atoms with Gasteiger partial charge in [0.25, 0.3) is 0 Å². The molecule has 1 N–H and O–H groups in total. The molecular formula is C39H45N3O9S. The fraction of sp³-hybridized carbons (Fsp3) is 0.538. The van der Waals surface area contributed by atoms with Crippen molar-refractivity contribution >= 4 is 39.1 Å². The summed E-state index contributed by atoms with van der Waals surface area (Å²) in [6.45, 7) is 0.851. The quantitative estimate of drug-likeness (QED) is 0.388. The van der Waals surface area contributed by atoms with E-state index in [1.165, 1.54) is 4.90 Å². The lowest BCUT2D eigenvalue weighted by Crippen LogP contribution is -2.49. The molecule has 8 rings (SSSR count). The Kier molecular flexibility index (Phi) is 9.25. The van der Waals surface area contributed by atoms with Crippen molar-refractivity contribution in [3.63, 3.8) is 0 Å². The van der Waals surface area contributed by atoms with Gasteiger partial charge in [-0.25, -0.2) is 13.2 Å². The average molecular weight is 732 g/mol. The predicted molar refractivity (Wildman–Crippen MR) is 190 cm³/mol. The van der Waals surface area contributed by atoms with Gasteiger partial charge in [0, 0.05) is 37.0 Å². The zero-order valence-electron chi connectivity index (χ0n) is 29.2. The van der Waals surface area contributed by atoms with Crippen LogP contribution in [0.3, 0.4) is 0 Å². The Morgan fingerprint density at radius 1 is 0.962 bits per heavy atom. The van der Waals surface area contributed by atoms with Crippen molar-refractivity contribution < 1.29 is 41.8 Å². The van der Waals surface area contributed by atoms with Crippen molar-refractivity contribution in [2.75, 3.05) is 24.4 Å². The first-order valence-electron chi connectivity index (χ1n) is 18.5. The van der Waals surface area contributed by atoms with E-state index in [2.05, 4.69) is 5.32 Å². The number of carbonyl (C=O) groups excluding carboxylic acids is 4. The second-order valence-electron chi connectivity index (χ2n) is 15.2. The summed E-state index contributed by atoms with van der Waals surface area (Å²) in [5, 5.41) is 2.92. The van der Waals surface area contributed by atoms with Crippen LogP contribution in [-0.2, 0) is 42.0 Å². The van der Waals surface area contributed by atoms with Crippen molar-refractivity contribution in [3.8, 4) is 11.5 Å². The highest BCUT2D eigenvalue weighted by Gasteiger charge is 2.61. The first-order valence-corrected chi connectivity index (χ1v) is 20.2. The van der Waals surface area contributed by atoms with E-state index in [0.717, 1.165) is 42.5 Å². The molecule has 3 fully saturated rings. The van der Waals surface area contributed by atoms with Gasteiger partial charge >= 0.3 is 6.09 Å². The van der Waals surface area contributed by atoms with Gasteiger partial charge in [0.1, 0.15) is 17.9 Å². The fourth-order valence-corrected chi connectivity index (χ4v) is 10.1. The first kappa shape index (κ1) is 34.7. The number of nitrogens with zero attached hydrogens (tertiary/aromatic N) is 2. The first-order chi connectivity index (χ1) is 25.1. The highest BCUT2D eigenvalue weighted by Crippen LogP contribution is 2.58. The van der Waals surface area contributed by atoms with E-state index in [1.54, 1.807) is 4.90 Å². The molecule has 0 radical (unpaired) electrons. The molecule has 0 spiro atoms. The Morgan fingerprint density at radius 3 is 2.40 bits per heavy atom. The van der Waals surface area contributed by atoms with Crippen LogP contribution in [0.4, 0.5) is 10.5 Å². The van der Waals surface area contributed by atoms with E-state index in [1.807, 2.05) is 54.6 Å². The Labute approximate surface area is 303 Å². The van der Waals surface area contributed by atoms with Gasteiger partial charge in [-0.15, -0.1) is 0 Å². The lowest BCUT2D eigenvalue weighted by Gasteiger charge is -2.30. The summed E-state index contributed by atoms with van der Waals surface area (Å²) in [5.74, 6) is -0.504. The van der Waals surface area contributed by atoms with Gasteiger partial charge < -0.3 is 24.4 Å². The van der Waals surface area contributed by atoms with Crippen LogP contribution in [-0.4, -0.2) is 84.3 Å². The lowest BCUT2D eigenvalue weighted by molar-refractivity contribution is -0.139. The molecule has 0 unspecified atom stereocenters. The Hall–Kier alpha value is -4.39. The molecule has 0 aromatic heterocycles. The molecule has 2 amide bonds. The number of fused-ring (bicyclic) bond motifs is 4. The molecular weight excluding hydrogens is 687 g/mol. The van der Waals surface area contributed by atoms with Crippen LogP contribution in [0.15, 0.2) is 54.6 Å². The number of hydrogen-bond acceptors (Lipinski definition) is 10. The van der Waals surface area contributed by atoms with Crippen molar-refractivity contribution in [1.29, 1.82) is 0 Å². The van der Waals surface area contributed by atoms with Gasteiger partial charge in [0.15, 0.2) is 32.9 Å². The second kappa shape index (κ2) is 13.9. The fourth-order valence-electron chi connectivity index (χ4n) is 8.31. The van der Waals surface area contributed by atoms with Crippen LogP contribution >= 0.6 is 0 Å². The number of rotatable bonds is 7. The Balaban J connectivity index is 1.04. The lowest BCUT2D eigenvalue weighted by atomic mass is 9.88. The third kappa shape index (κ3) is 7.03. The molecule has 52 heavy (non-hydrogen) atoms. The number of Topliss-reactive ketones (excluding diaryl/α,β-unsaturated/α-hetero) is 2. The summed E-state index contributed by atoms with van der Waals surface area (Å²) in [4.78, 5) is 59.4. The molecule has 12 nitrogen and oxygen atoms in total. The summed E-state index contributed by atoms with van der Waals surface area (Å²) in [7, 11) is -3.58. The molecule has 6 aliphatic rings. The summed E-state index contributed by atoms with van der Waals surface area (Å²) in [6.07, 6.45) is 8.12. The van der Waals surface area contributed by atoms with Gasteiger partial charge in [-0.3, -0.25) is 19.3 Å². The van der Waals surface area contributed by atoms with Crippen LogP contribution in [0.5, 0.6) is 11.5 Å². The molecule has 2 aliphatic carbocycles. The number of sulfone groups is 1. The van der Waals surface area contributed by atoms with Crippen molar-refractivity contribution in [3.05, 3.63) is 65.7 Å². The molecule has 4 heterocycles. The van der Waals surface area contributed by atoms with Gasteiger partial charge in [0.2, 0.25) is 12.7 Å². The molecule has 2 aromatic rings. The van der Waals surface area contributed by atoms with E-state index in [0.29, 0.717) is 50.3 Å². The van der Waals surface area contributed by atoms with E-state index in [9.17, 15) is 27.6 Å². The molecule has 2 saturated carbocycles. The minimum atomic E-state index is -3.58. The number of ether oxygens (including phenoxy) is 3. The summed E-state index contributed by atoms with van der Waals surface area (Å²) in [6, 6.07) is 11.7. The van der Waals surface area contributed by atoms with Crippen LogP contribution in [0.25, 0.3) is 0 Å². The number of anilines is 1. The van der Waals surface area contributed by atoms with Gasteiger partial charge in [0.05, 0.1) is 17.8 Å². The molecule has 2 aromatic carbocycles. The number of allylic oxidation sites excluding steroid dienone is 2. The molecule has 13 heteroatoms. The van der Waals surface area contributed by atoms with E-state index >= 15 is 0 Å². The highest BCUT2D eigenvalue weighted by atomic mass is 32.2. The number of nitrogens with one attached hydrogen (secondary N) is 1. The third-order valence-electron chi connectivity index (χ3n) is 11.5. The smallest absolute Gasteiger partial charge is 0.410 e. The molecule has 5 atom stereocenters. The van der Waals surface area contributed by atoms with Crippen LogP contribution in [0.1, 0.15) is 75.3 Å². The average Bonchev–Trinajstić information content (AvgIpc) is 3.94. The van der Waals surface area contributed by atoms with Crippen molar-refractivity contribution in [2.45, 2.75) is 101 Å². The van der Waals surface area contributed by atoms with Gasteiger partial charge in [-0.05, 0) is 79.8 Å². The highest BCUT2D eigenvalue weighted by molar-refractivity contribution is 7.93. The topological polar surface area (TPSA) is 149 Å². The molecule has 276 valence electrons. The van der Waals surface area contributed by atoms with Gasteiger partial charge in [-0.2, -0.15) is 0 Å². The van der Waals surface area contributed by atoms with E-state index in [-0.39, 0.29) is 43.8 Å². The zero-order valence-corrected chi connectivity index (χ0v) is 30.0. The van der Waals surface area contributed by atoms with Crippen molar-refractivity contribution in [2.24, 2.45) is 11.3 Å². The van der Waals surface area contributed by atoms with Crippen LogP contribution < -0.4 is 14.8 Å². The standard InChI is InChI=1S/C39H45N3O9S/c43-33-19-39(36(44)23-52(47,48)30-13-14-30)18-27(39)9-5-2-1-3-8-12-31(40-28-10-6-4-7-11-28)37(45)42-22-29(17-32(33)42)51-38(46)41-20-25-15-34-35(50-24-49-34)16-26(25)21-41/h4-7,9-11,15-16,27,29-32,40H,1-3,8,12-14,17-24H2/b9-5-/t27-,29-,31+,32+,39-/m1/s1. The molecule has 1 saturated heterocycles. The van der Waals surface area contributed by atoms with E-state index in [4.69, 9.17) is 14.2 Å². The van der Waals surface area contributed by atoms with Crippen molar-refractivity contribution in [1.82, 2.24) is 9.80 Å². The van der Waals surface area contributed by atoms with Gasteiger partial charge in [-0.1, -0.05) is 43.2 Å². The molecule has 4 aliphatic heterocycles. The number of benzene rings is 2. The maximum absolute atomic E-state index is 14.5. The minimum Gasteiger partial charge on any atom is -0.454 e. The maximum atomic E-state index is 14.5. The summed E-state index contributed by atoms with van der Waals surface area (Å²) < 4.78 is 42.9. The Bertz CT molecular complexity index is 1860. The minimum absolute atomic E-state index is 0.0328. The number of para-hydroxylation sites is 1.